The minimum absolute atomic E-state index is 0.108. The van der Waals surface area contributed by atoms with Gasteiger partial charge in [-0.1, -0.05) is 11.3 Å². The first-order valence-corrected chi connectivity index (χ1v) is 6.21. The smallest absolute Gasteiger partial charge is 0.267 e. The highest BCUT2D eigenvalue weighted by molar-refractivity contribution is 7.18. The van der Waals surface area contributed by atoms with Crippen LogP contribution in [0.3, 0.4) is 0 Å². The van der Waals surface area contributed by atoms with Crippen LogP contribution in [0.15, 0.2) is 0 Å². The number of amides is 2. The molecule has 1 aromatic heterocycles. The van der Waals surface area contributed by atoms with Gasteiger partial charge in [0.1, 0.15) is 10.7 Å². The maximum absolute atomic E-state index is 12.1. The molecule has 0 saturated heterocycles. The van der Waals surface area contributed by atoms with Crippen molar-refractivity contribution in [3.63, 3.8) is 0 Å². The van der Waals surface area contributed by atoms with Gasteiger partial charge in [-0.25, -0.2) is 4.98 Å². The van der Waals surface area contributed by atoms with Gasteiger partial charge in [-0.05, 0) is 0 Å². The van der Waals surface area contributed by atoms with E-state index in [1.54, 1.807) is 21.1 Å². The van der Waals surface area contributed by atoms with Crippen molar-refractivity contribution < 1.29 is 9.59 Å². The Labute approximate surface area is 109 Å². The molecule has 1 heterocycles. The van der Waals surface area contributed by atoms with Crippen LogP contribution in [0.1, 0.15) is 16.1 Å². The average molecular weight is 271 g/mol. The van der Waals surface area contributed by atoms with E-state index >= 15 is 0 Å². The van der Waals surface area contributed by atoms with Gasteiger partial charge in [-0.3, -0.25) is 9.59 Å². The first-order valence-electron chi connectivity index (χ1n) is 5.39. The van der Waals surface area contributed by atoms with E-state index in [4.69, 9.17) is 5.73 Å². The summed E-state index contributed by atoms with van der Waals surface area (Å²) in [6, 6.07) is 0. The van der Waals surface area contributed by atoms with Crippen LogP contribution in [-0.4, -0.2) is 49.4 Å². The van der Waals surface area contributed by atoms with Crippen molar-refractivity contribution in [2.75, 3.05) is 38.7 Å². The van der Waals surface area contributed by atoms with Crippen molar-refractivity contribution >= 4 is 34.1 Å². The molecule has 0 spiro atoms. The quantitative estimate of drug-likeness (QED) is 0.698. The summed E-state index contributed by atoms with van der Waals surface area (Å²) in [6.45, 7) is 0.338. The summed E-state index contributed by atoms with van der Waals surface area (Å²) in [6.07, 6.45) is 0.260. The van der Waals surface area contributed by atoms with Crippen LogP contribution in [0.2, 0.25) is 0 Å². The molecule has 4 N–H and O–H groups in total. The third-order valence-electron chi connectivity index (χ3n) is 2.36. The summed E-state index contributed by atoms with van der Waals surface area (Å²) in [5, 5.41) is 5.93. The second-order valence-electron chi connectivity index (χ2n) is 3.63. The summed E-state index contributed by atoms with van der Waals surface area (Å²) in [5.41, 5.74) is 5.67. The molecule has 0 aromatic carbocycles. The summed E-state index contributed by atoms with van der Waals surface area (Å²) in [5.74, 6) is -0.126. The van der Waals surface area contributed by atoms with Crippen molar-refractivity contribution in [1.82, 2.24) is 15.2 Å². The maximum atomic E-state index is 12.1. The van der Waals surface area contributed by atoms with Gasteiger partial charge in [0.25, 0.3) is 5.91 Å². The molecule has 18 heavy (non-hydrogen) atoms. The Balaban J connectivity index is 2.68. The van der Waals surface area contributed by atoms with E-state index in [2.05, 4.69) is 15.6 Å². The highest BCUT2D eigenvalue weighted by atomic mass is 32.1. The van der Waals surface area contributed by atoms with Gasteiger partial charge in [0.2, 0.25) is 5.91 Å². The standard InChI is InChI=1S/C10H17N5O2S/c1-12-6(16)4-5-15(3)9(17)7-8(11)14-10(13-2)18-7/h4-5,11H2,1-3H3,(H,12,16)(H,13,14). The van der Waals surface area contributed by atoms with Gasteiger partial charge in [-0.15, -0.1) is 0 Å². The molecule has 0 aliphatic heterocycles. The number of rotatable bonds is 5. The monoisotopic (exact) mass is 271 g/mol. The number of nitrogens with zero attached hydrogens (tertiary/aromatic N) is 2. The van der Waals surface area contributed by atoms with Gasteiger partial charge < -0.3 is 21.3 Å². The largest absolute Gasteiger partial charge is 0.382 e. The van der Waals surface area contributed by atoms with Gasteiger partial charge in [0.05, 0.1) is 0 Å². The van der Waals surface area contributed by atoms with Gasteiger partial charge in [0.15, 0.2) is 5.13 Å². The van der Waals surface area contributed by atoms with E-state index in [1.807, 2.05) is 0 Å². The number of hydrogen-bond donors (Lipinski definition) is 3. The van der Waals surface area contributed by atoms with Crippen LogP contribution in [0.25, 0.3) is 0 Å². The third-order valence-corrected chi connectivity index (χ3v) is 3.44. The van der Waals surface area contributed by atoms with E-state index in [0.29, 0.717) is 16.6 Å². The van der Waals surface area contributed by atoms with Crippen LogP contribution in [0.4, 0.5) is 10.9 Å². The zero-order valence-electron chi connectivity index (χ0n) is 10.6. The number of thiazole rings is 1. The number of nitrogens with one attached hydrogen (secondary N) is 2. The molecule has 1 rings (SSSR count). The van der Waals surface area contributed by atoms with E-state index in [1.165, 1.54) is 16.2 Å². The predicted octanol–water partition coefficient (Wildman–Crippen LogP) is -0.0249. The van der Waals surface area contributed by atoms with Crippen LogP contribution in [0.5, 0.6) is 0 Å². The van der Waals surface area contributed by atoms with Gasteiger partial charge >= 0.3 is 0 Å². The Morgan fingerprint density at radius 3 is 2.61 bits per heavy atom. The van der Waals surface area contributed by atoms with Crippen LogP contribution < -0.4 is 16.4 Å². The van der Waals surface area contributed by atoms with E-state index in [9.17, 15) is 9.59 Å². The molecule has 0 aliphatic carbocycles. The average Bonchev–Trinajstić information content (AvgIpc) is 2.75. The maximum Gasteiger partial charge on any atom is 0.267 e. The minimum Gasteiger partial charge on any atom is -0.382 e. The van der Waals surface area contributed by atoms with Crippen molar-refractivity contribution in [2.24, 2.45) is 0 Å². The Hall–Kier alpha value is -1.83. The van der Waals surface area contributed by atoms with Crippen molar-refractivity contribution in [2.45, 2.75) is 6.42 Å². The summed E-state index contributed by atoms with van der Waals surface area (Å²) >= 11 is 1.20. The van der Waals surface area contributed by atoms with Crippen molar-refractivity contribution in [3.05, 3.63) is 4.88 Å². The highest BCUT2D eigenvalue weighted by Crippen LogP contribution is 2.25. The predicted molar refractivity (Wildman–Crippen MR) is 71.7 cm³/mol. The van der Waals surface area contributed by atoms with Crippen molar-refractivity contribution in [1.29, 1.82) is 0 Å². The molecule has 0 saturated carbocycles. The lowest BCUT2D eigenvalue weighted by Gasteiger charge is -2.15. The molecule has 0 fully saturated rings. The molecule has 0 unspecified atom stereocenters. The number of nitrogen functional groups attached to an aromatic ring is 1. The minimum atomic E-state index is -0.226. The fraction of sp³-hybridized carbons (Fsp3) is 0.500. The molecule has 7 nitrogen and oxygen atoms in total. The number of hydrogen-bond acceptors (Lipinski definition) is 6. The molecule has 100 valence electrons. The van der Waals surface area contributed by atoms with Crippen LogP contribution in [-0.2, 0) is 4.79 Å². The van der Waals surface area contributed by atoms with Gasteiger partial charge in [0, 0.05) is 34.1 Å². The number of aromatic nitrogens is 1. The first-order chi connectivity index (χ1) is 8.49. The molecule has 1 aromatic rings. The van der Waals surface area contributed by atoms with E-state index < -0.39 is 0 Å². The number of nitrogens with two attached hydrogens (primary N) is 1. The SMILES string of the molecule is CNC(=O)CCN(C)C(=O)c1sc(NC)nc1N. The van der Waals surface area contributed by atoms with Crippen LogP contribution in [0, 0.1) is 0 Å². The Morgan fingerprint density at radius 2 is 2.11 bits per heavy atom. The Kier molecular flexibility index (Phi) is 4.90. The molecule has 0 radical (unpaired) electrons. The van der Waals surface area contributed by atoms with E-state index in [-0.39, 0.29) is 24.1 Å². The normalized spacial score (nSPS) is 9.94. The molecular weight excluding hydrogens is 254 g/mol. The zero-order valence-corrected chi connectivity index (χ0v) is 11.4. The highest BCUT2D eigenvalue weighted by Gasteiger charge is 2.19. The first kappa shape index (κ1) is 14.2. The summed E-state index contributed by atoms with van der Waals surface area (Å²) in [7, 11) is 4.90. The Morgan fingerprint density at radius 1 is 1.44 bits per heavy atom. The topological polar surface area (TPSA) is 100 Å². The lowest BCUT2D eigenvalue weighted by molar-refractivity contribution is -0.120. The molecule has 0 atom stereocenters. The number of anilines is 2. The number of carbonyl (C=O) groups excluding carboxylic acids is 2. The lowest BCUT2D eigenvalue weighted by atomic mass is 10.3. The second-order valence-corrected chi connectivity index (χ2v) is 4.63. The fourth-order valence-electron chi connectivity index (χ4n) is 1.26. The summed E-state index contributed by atoms with van der Waals surface area (Å²) in [4.78, 5) is 29.0. The van der Waals surface area contributed by atoms with E-state index in [0.717, 1.165) is 0 Å². The number of carbonyl (C=O) groups is 2. The van der Waals surface area contributed by atoms with Crippen molar-refractivity contribution in [3.8, 4) is 0 Å². The molecule has 0 aliphatic rings. The third kappa shape index (κ3) is 3.33. The van der Waals surface area contributed by atoms with Gasteiger partial charge in [-0.2, -0.15) is 0 Å². The van der Waals surface area contributed by atoms with Crippen LogP contribution >= 0.6 is 11.3 Å². The molecule has 0 bridgehead atoms. The Bertz CT molecular complexity index is 445. The molecule has 2 amide bonds. The zero-order chi connectivity index (χ0) is 13.7. The molecule has 8 heteroatoms. The fourth-order valence-corrected chi connectivity index (χ4v) is 2.09. The summed E-state index contributed by atoms with van der Waals surface area (Å²) < 4.78 is 0. The molecular formula is C10H17N5O2S. The second kappa shape index (κ2) is 6.20. The lowest BCUT2D eigenvalue weighted by Crippen LogP contribution is -2.31.